The number of nitrogens with two attached hydrogens (primary N) is 6. The van der Waals surface area contributed by atoms with E-state index in [4.69, 9.17) is 34.4 Å². The second kappa shape index (κ2) is 41.6. The number of fused-ring (bicyclic) bond motifs is 2. The van der Waals surface area contributed by atoms with E-state index in [2.05, 4.69) is 68.4 Å². The van der Waals surface area contributed by atoms with Crippen molar-refractivity contribution in [1.29, 1.82) is 0 Å². The number of hydrazine groups is 1. The Morgan fingerprint density at radius 1 is 0.633 bits per heavy atom. The third-order valence-electron chi connectivity index (χ3n) is 16.2. The number of carbonyl (C=O) groups is 13. The first kappa shape index (κ1) is 82.8. The Labute approximate surface area is 571 Å². The van der Waals surface area contributed by atoms with Crippen LogP contribution in [-0.2, 0) is 81.7 Å². The minimum atomic E-state index is -1.59. The molecule has 0 radical (unpaired) electrons. The number of aromatic nitrogens is 4. The molecule has 0 fully saturated rings. The van der Waals surface area contributed by atoms with Crippen molar-refractivity contribution in [3.8, 4) is 0 Å². The molecule has 0 spiro atoms. The summed E-state index contributed by atoms with van der Waals surface area (Å²) in [4.78, 5) is 186. The predicted octanol–water partition coefficient (Wildman–Crippen LogP) is -1.38. The minimum absolute atomic E-state index is 0. The summed E-state index contributed by atoms with van der Waals surface area (Å²) in [7, 11) is 0. The number of guanidine groups is 1. The Hall–Kier alpha value is -9.40. The number of H-pyrrole nitrogens is 1. The van der Waals surface area contributed by atoms with Crippen molar-refractivity contribution in [2.45, 2.75) is 232 Å². The van der Waals surface area contributed by atoms with Crippen LogP contribution in [0.1, 0.15) is 170 Å². The average Bonchev–Trinajstić information content (AvgIpc) is 1.58. The van der Waals surface area contributed by atoms with E-state index in [1.54, 1.807) is 83.7 Å². The number of benzene rings is 1. The molecule has 11 amide bonds. The van der Waals surface area contributed by atoms with Gasteiger partial charge in [0.05, 0.1) is 42.9 Å². The lowest BCUT2D eigenvalue weighted by molar-refractivity contribution is -0.141. The van der Waals surface area contributed by atoms with Crippen LogP contribution in [-0.4, -0.2) is 163 Å². The van der Waals surface area contributed by atoms with Crippen LogP contribution in [0.3, 0.4) is 0 Å². The molecule has 0 bridgehead atoms. The van der Waals surface area contributed by atoms with E-state index in [1.165, 1.54) is 0 Å². The van der Waals surface area contributed by atoms with Crippen LogP contribution in [0.2, 0.25) is 0 Å². The topological polar surface area (TPSA) is 545 Å². The van der Waals surface area contributed by atoms with Gasteiger partial charge in [-0.15, -0.1) is 5.10 Å². The summed E-state index contributed by atoms with van der Waals surface area (Å²) in [6, 6.07) is -5.93. The molecule has 33 heteroatoms. The molecule has 1 aliphatic heterocycles. The van der Waals surface area contributed by atoms with Gasteiger partial charge in [-0.25, -0.2) is 15.5 Å². The number of hydrogen-bond donors (Lipinski definition) is 16. The molecule has 4 rings (SSSR count). The molecule has 98 heavy (non-hydrogen) atoms. The number of carbonyl (C=O) groups excluding carboxylic acids is 13. The molecule has 1 aliphatic rings. The van der Waals surface area contributed by atoms with Crippen LogP contribution in [0.4, 0.5) is 0 Å². The van der Waals surface area contributed by atoms with Gasteiger partial charge in [0.25, 0.3) is 0 Å². The van der Waals surface area contributed by atoms with Gasteiger partial charge in [0.1, 0.15) is 36.3 Å². The van der Waals surface area contributed by atoms with Gasteiger partial charge in [0, 0.05) is 48.9 Å². The van der Waals surface area contributed by atoms with Crippen LogP contribution < -0.4 is 82.5 Å². The molecular formula is C65H106N20O13. The van der Waals surface area contributed by atoms with E-state index in [0.29, 0.717) is 67.2 Å². The van der Waals surface area contributed by atoms with E-state index in [-0.39, 0.29) is 95.5 Å². The molecule has 0 saturated heterocycles. The van der Waals surface area contributed by atoms with Gasteiger partial charge >= 0.3 is 0 Å². The Morgan fingerprint density at radius 3 is 1.86 bits per heavy atom. The molecule has 544 valence electrons. The number of rotatable bonds is 24. The number of nitrogens with zero attached hydrogens (tertiary/aromatic N) is 4. The summed E-state index contributed by atoms with van der Waals surface area (Å²) < 4.78 is 1.70. The lowest BCUT2D eigenvalue weighted by Crippen LogP contribution is -2.61. The molecule has 1 aromatic carbocycles. The third-order valence-corrected chi connectivity index (χ3v) is 16.2. The average molecular weight is 1380 g/mol. The summed E-state index contributed by atoms with van der Waals surface area (Å²) in [5.74, 6) is -13.5. The molecular weight excluding hydrogens is 1270 g/mol. The Morgan fingerprint density at radius 2 is 1.21 bits per heavy atom. The second-order valence-electron chi connectivity index (χ2n) is 26.1. The van der Waals surface area contributed by atoms with Crippen molar-refractivity contribution in [2.24, 2.45) is 63.1 Å². The molecule has 2 unspecified atom stereocenters. The monoisotopic (exact) mass is 1370 g/mol. The summed E-state index contributed by atoms with van der Waals surface area (Å²) in [6.45, 7) is 12.8. The minimum Gasteiger partial charge on any atom is -0.370 e. The first-order valence-electron chi connectivity index (χ1n) is 33.2. The van der Waals surface area contributed by atoms with Crippen molar-refractivity contribution >= 4 is 93.4 Å². The number of para-hydroxylation sites is 1. The highest BCUT2D eigenvalue weighted by Gasteiger charge is 2.38. The Balaban J connectivity index is 0.0000250. The fourth-order valence-corrected chi connectivity index (χ4v) is 11.1. The molecule has 10 atom stereocenters. The van der Waals surface area contributed by atoms with E-state index in [0.717, 1.165) is 0 Å². The van der Waals surface area contributed by atoms with Gasteiger partial charge in [0.2, 0.25) is 76.5 Å². The van der Waals surface area contributed by atoms with Gasteiger partial charge in [-0.1, -0.05) is 98.6 Å². The van der Waals surface area contributed by atoms with Gasteiger partial charge in [0.15, 0.2) is 5.96 Å². The fourth-order valence-electron chi connectivity index (χ4n) is 11.1. The second-order valence-corrected chi connectivity index (χ2v) is 26.1. The van der Waals surface area contributed by atoms with Gasteiger partial charge in [-0.2, -0.15) is 0 Å². The number of aryl methyl sites for hydroxylation is 2. The maximum atomic E-state index is 15.0. The number of primary amides is 4. The molecule has 2 aromatic heterocycles. The number of Topliss-reactive ketones (excluding diaryl/α,β-unsaturated/α-hetero) is 2. The highest BCUT2D eigenvalue weighted by atomic mass is 16.2. The third kappa shape index (κ3) is 28.7. The van der Waals surface area contributed by atoms with Crippen LogP contribution >= 0.6 is 0 Å². The van der Waals surface area contributed by atoms with Crippen molar-refractivity contribution in [1.82, 2.24) is 68.0 Å². The number of nitrogens with one attached hydrogen (secondary N) is 10. The highest BCUT2D eigenvalue weighted by Crippen LogP contribution is 2.21. The van der Waals surface area contributed by atoms with E-state index < -0.39 is 156 Å². The van der Waals surface area contributed by atoms with Crippen molar-refractivity contribution in [2.75, 3.05) is 6.54 Å². The zero-order valence-electron chi connectivity index (χ0n) is 56.7. The van der Waals surface area contributed by atoms with E-state index >= 15 is 4.79 Å². The molecule has 0 saturated carbocycles. The molecule has 3 aromatic rings. The van der Waals surface area contributed by atoms with Crippen LogP contribution in [0, 0.1) is 23.7 Å². The zero-order chi connectivity index (χ0) is 72.1. The van der Waals surface area contributed by atoms with Gasteiger partial charge < -0.3 is 76.6 Å². The zero-order valence-corrected chi connectivity index (χ0v) is 56.7. The highest BCUT2D eigenvalue weighted by molar-refractivity contribution is 6.41. The normalized spacial score (nSPS) is 22.0. The maximum Gasteiger partial charge on any atom is 0.243 e. The summed E-state index contributed by atoms with van der Waals surface area (Å²) in [6.07, 6.45) is 4.40. The number of hydrogen-bond acceptors (Lipinski definition) is 18. The predicted molar refractivity (Wildman–Crippen MR) is 365 cm³/mol. The van der Waals surface area contributed by atoms with Gasteiger partial charge in [-0.3, -0.25) is 67.3 Å². The number of ketones is 2. The lowest BCUT2D eigenvalue weighted by Gasteiger charge is -2.29. The van der Waals surface area contributed by atoms with Crippen LogP contribution in [0.5, 0.6) is 0 Å². The molecule has 22 N–H and O–H groups in total. The number of aliphatic imine (C=N–C) groups is 1. The standard InChI is InChI=1S/C64H102N20O13.CH4/c1-34(2)26-45-54(88)55(89)46(27-35(3)4)82-81-44(60(94)75-43(22-23-51(65)85)59(93)77-47(56(68)90)30-52(66)86)20-14-17-39-33-73-83-84(39)25-13-9-8-10-16-37(7)57(91)78-50(31-53(67)87)63(97)79-48(28-36(5)6)61(95)80-49(29-38-32-72-41-19-12-11-18-40(38)41)62(96)74-42(58(92)76-45)21-15-24-71-64(69)70;/h11-12,18-19,32-37,42-50,72,81-82H,8-10,13-17,20-31H2,1-7H3,(H2,65,85)(H2,66,86)(H2,67,87)(H2,68,90)(H,74,96)(H,75,94)(H,76,92)(H,77,93)(H,78,91)(H,79,97)(H,80,95)(H4,69,70,71);1H4/t37-,42?,43+,44+,45+,46+,47+,48?,49+,50+;/m1./s1. The summed E-state index contributed by atoms with van der Waals surface area (Å²) in [5, 5.41) is 27.6. The lowest BCUT2D eigenvalue weighted by atomic mass is 9.92. The van der Waals surface area contributed by atoms with Crippen molar-refractivity contribution in [3.05, 3.63) is 47.9 Å². The number of amides is 11. The smallest absolute Gasteiger partial charge is 0.243 e. The molecule has 33 nitrogen and oxygen atoms in total. The largest absolute Gasteiger partial charge is 0.370 e. The Kier molecular flexibility index (Phi) is 35.2. The SMILES string of the molecule is C.CC(C)CC1NC(=O)[C@H](CC(N)=O)NC(=O)[C@H](C)CCCCCCn2nncc2CCC[C@@H](C(=O)N[C@@H](CCC(N)=O)C(=O)N[C@@H](CC(N)=O)C(N)=O)NN[C@@H](CC(C)C)C(=O)C(=O)[C@H](CC(C)C)NC(=O)C(CCCN=C(N)N)NC(=O)[C@H](Cc2c[nH]c3ccccc23)NC1=O. The van der Waals surface area contributed by atoms with Crippen molar-refractivity contribution in [3.63, 3.8) is 0 Å². The first-order valence-corrected chi connectivity index (χ1v) is 33.2. The summed E-state index contributed by atoms with van der Waals surface area (Å²) in [5.41, 5.74) is 40.9. The Bertz CT molecular complexity index is 3230. The summed E-state index contributed by atoms with van der Waals surface area (Å²) >= 11 is 0. The van der Waals surface area contributed by atoms with E-state index in [1.807, 2.05) is 6.07 Å². The number of aromatic amines is 1. The van der Waals surface area contributed by atoms with Crippen LogP contribution in [0.15, 0.2) is 41.7 Å². The molecule has 0 aliphatic carbocycles. The maximum absolute atomic E-state index is 15.0. The fraction of sp³-hybridized carbons (Fsp3) is 0.631. The van der Waals surface area contributed by atoms with Gasteiger partial charge in [-0.05, 0) is 100 Å². The van der Waals surface area contributed by atoms with Crippen molar-refractivity contribution < 1.29 is 62.3 Å². The first-order chi connectivity index (χ1) is 45.8. The quantitative estimate of drug-likeness (QED) is 0.0213. The molecule has 3 heterocycles. The van der Waals surface area contributed by atoms with Crippen LogP contribution in [0.25, 0.3) is 10.9 Å². The van der Waals surface area contributed by atoms with E-state index in [9.17, 15) is 57.5 Å².